The number of aromatic nitrogens is 3. The molecule has 4 rings (SSSR count). The molecule has 0 spiro atoms. The topological polar surface area (TPSA) is 64.2 Å². The lowest BCUT2D eigenvalue weighted by molar-refractivity contribution is -0.901. The van der Waals surface area contributed by atoms with Crippen LogP contribution in [0.15, 0.2) is 54.6 Å². The Balaban J connectivity index is 1.39. The molecule has 0 radical (unpaired) electrons. The summed E-state index contributed by atoms with van der Waals surface area (Å²) in [5.74, 6) is -0.170. The average molecular weight is 397 g/mol. The molecule has 28 heavy (non-hydrogen) atoms. The molecule has 1 aliphatic heterocycles. The fraction of sp³-hybridized carbons (Fsp3) is 0.286. The molecule has 0 aliphatic carbocycles. The second kappa shape index (κ2) is 8.12. The highest BCUT2D eigenvalue weighted by atomic mass is 35.5. The van der Waals surface area contributed by atoms with Gasteiger partial charge in [0.2, 0.25) is 0 Å². The molecule has 2 heterocycles. The van der Waals surface area contributed by atoms with Crippen LogP contribution in [0, 0.1) is 6.92 Å². The zero-order valence-corrected chi connectivity index (χ0v) is 16.5. The lowest BCUT2D eigenvalue weighted by Gasteiger charge is -2.14. The molecule has 1 fully saturated rings. The lowest BCUT2D eigenvalue weighted by Crippen LogP contribution is -3.09. The number of nitrogens with one attached hydrogen (secondary N) is 2. The first-order chi connectivity index (χ1) is 13.6. The van der Waals surface area contributed by atoms with Crippen LogP contribution in [0.1, 0.15) is 28.2 Å². The second-order valence-corrected chi connectivity index (χ2v) is 7.67. The number of carbonyl (C=O) groups is 1. The number of carbonyl (C=O) groups excluding carboxylic acids is 1. The Kier molecular flexibility index (Phi) is 5.41. The third-order valence-corrected chi connectivity index (χ3v) is 5.29. The maximum Gasteiger partial charge on any atom is 0.274 e. The molecule has 6 nitrogen and oxygen atoms in total. The predicted octanol–water partition coefficient (Wildman–Crippen LogP) is 1.82. The van der Waals surface area contributed by atoms with Crippen molar-refractivity contribution in [1.29, 1.82) is 0 Å². The molecular weight excluding hydrogens is 374 g/mol. The Morgan fingerprint density at radius 3 is 2.82 bits per heavy atom. The number of aryl methyl sites for hydroxylation is 1. The molecule has 7 heteroatoms. The summed E-state index contributed by atoms with van der Waals surface area (Å²) >= 11 is 6.04. The third-order valence-electron chi connectivity index (χ3n) is 5.05. The van der Waals surface area contributed by atoms with Crippen molar-refractivity contribution < 1.29 is 9.69 Å². The molecule has 0 bridgehead atoms. The van der Waals surface area contributed by atoms with Crippen LogP contribution in [-0.2, 0) is 6.54 Å². The van der Waals surface area contributed by atoms with Crippen molar-refractivity contribution in [2.24, 2.45) is 0 Å². The van der Waals surface area contributed by atoms with Gasteiger partial charge >= 0.3 is 0 Å². The third kappa shape index (κ3) is 4.24. The zero-order valence-electron chi connectivity index (χ0n) is 15.7. The first-order valence-electron chi connectivity index (χ1n) is 9.47. The first kappa shape index (κ1) is 18.7. The molecule has 2 aromatic carbocycles. The monoisotopic (exact) mass is 396 g/mol. The van der Waals surface area contributed by atoms with Crippen LogP contribution in [0.5, 0.6) is 0 Å². The maximum atomic E-state index is 12.7. The van der Waals surface area contributed by atoms with Crippen LogP contribution in [0.25, 0.3) is 5.69 Å². The number of halogens is 1. The van der Waals surface area contributed by atoms with E-state index >= 15 is 0 Å². The van der Waals surface area contributed by atoms with Gasteiger partial charge in [0.25, 0.3) is 5.91 Å². The van der Waals surface area contributed by atoms with Crippen LogP contribution in [-0.4, -0.2) is 40.0 Å². The van der Waals surface area contributed by atoms with E-state index in [1.54, 1.807) is 19.1 Å². The van der Waals surface area contributed by atoms with Crippen molar-refractivity contribution >= 4 is 17.5 Å². The maximum absolute atomic E-state index is 12.7. The Morgan fingerprint density at radius 1 is 1.21 bits per heavy atom. The van der Waals surface area contributed by atoms with Gasteiger partial charge in [0.1, 0.15) is 6.54 Å². The molecular formula is C21H23ClN5O+. The summed E-state index contributed by atoms with van der Waals surface area (Å²) in [6.45, 7) is 4.75. The number of hydrogen-bond donors (Lipinski definition) is 2. The smallest absolute Gasteiger partial charge is 0.274 e. The minimum Gasteiger partial charge on any atom is -0.342 e. The predicted molar refractivity (Wildman–Crippen MR) is 108 cm³/mol. The van der Waals surface area contributed by atoms with Gasteiger partial charge in [-0.05, 0) is 25.1 Å². The van der Waals surface area contributed by atoms with Crippen molar-refractivity contribution in [2.75, 3.05) is 13.1 Å². The van der Waals surface area contributed by atoms with Crippen LogP contribution in [0.2, 0.25) is 5.02 Å². The van der Waals surface area contributed by atoms with Crippen molar-refractivity contribution in [3.05, 3.63) is 76.6 Å². The van der Waals surface area contributed by atoms with E-state index in [4.69, 9.17) is 11.6 Å². The van der Waals surface area contributed by atoms with E-state index in [2.05, 4.69) is 39.8 Å². The van der Waals surface area contributed by atoms with Crippen molar-refractivity contribution in [3.63, 3.8) is 0 Å². The number of quaternary nitrogens is 1. The van der Waals surface area contributed by atoms with Gasteiger partial charge in [0.15, 0.2) is 5.69 Å². The SMILES string of the molecule is Cc1nn(-c2cccc(Cl)c2)nc1C(=O)N[C@H]1CC[NH+](Cc2ccccc2)C1. The van der Waals surface area contributed by atoms with Gasteiger partial charge < -0.3 is 10.2 Å². The van der Waals surface area contributed by atoms with Crippen LogP contribution in [0.3, 0.4) is 0 Å². The van der Waals surface area contributed by atoms with E-state index in [9.17, 15) is 4.79 Å². The van der Waals surface area contributed by atoms with Gasteiger partial charge in [-0.3, -0.25) is 4.79 Å². The average Bonchev–Trinajstić information content (AvgIpc) is 3.29. The summed E-state index contributed by atoms with van der Waals surface area (Å²) in [4.78, 5) is 15.7. The Bertz CT molecular complexity index is 972. The molecule has 144 valence electrons. The second-order valence-electron chi connectivity index (χ2n) is 7.23. The molecule has 1 aromatic heterocycles. The van der Waals surface area contributed by atoms with Gasteiger partial charge in [0, 0.05) is 17.0 Å². The highest BCUT2D eigenvalue weighted by Gasteiger charge is 2.29. The zero-order chi connectivity index (χ0) is 19.5. The van der Waals surface area contributed by atoms with Crippen molar-refractivity contribution in [2.45, 2.75) is 25.9 Å². The van der Waals surface area contributed by atoms with E-state index in [0.717, 1.165) is 31.7 Å². The molecule has 3 aromatic rings. The summed E-state index contributed by atoms with van der Waals surface area (Å²) in [5.41, 5.74) is 3.01. The molecule has 1 saturated heterocycles. The van der Waals surface area contributed by atoms with Crippen LogP contribution < -0.4 is 10.2 Å². The van der Waals surface area contributed by atoms with E-state index < -0.39 is 0 Å². The standard InChI is InChI=1S/C21H22ClN5O/c1-15-20(25-27(24-15)19-9-5-8-17(22)12-19)21(28)23-18-10-11-26(14-18)13-16-6-3-2-4-7-16/h2-9,12,18H,10-11,13-14H2,1H3,(H,23,28)/p+1/t18-/m0/s1. The largest absolute Gasteiger partial charge is 0.342 e. The number of nitrogens with zero attached hydrogens (tertiary/aromatic N) is 3. The van der Waals surface area contributed by atoms with Gasteiger partial charge in [-0.15, -0.1) is 5.10 Å². The fourth-order valence-electron chi connectivity index (χ4n) is 3.66. The summed E-state index contributed by atoms with van der Waals surface area (Å²) in [6.07, 6.45) is 0.968. The summed E-state index contributed by atoms with van der Waals surface area (Å²) in [5, 5.41) is 12.5. The quantitative estimate of drug-likeness (QED) is 0.691. The lowest BCUT2D eigenvalue weighted by atomic mass is 10.2. The molecule has 2 atom stereocenters. The number of amides is 1. The summed E-state index contributed by atoms with van der Waals surface area (Å²) < 4.78 is 0. The minimum absolute atomic E-state index is 0.155. The van der Waals surface area contributed by atoms with Gasteiger partial charge in [-0.1, -0.05) is 48.0 Å². The Labute approximate surface area is 169 Å². The number of rotatable bonds is 5. The van der Waals surface area contributed by atoms with E-state index in [-0.39, 0.29) is 11.9 Å². The van der Waals surface area contributed by atoms with Gasteiger partial charge in [-0.2, -0.15) is 9.90 Å². The summed E-state index contributed by atoms with van der Waals surface area (Å²) in [6, 6.07) is 17.9. The highest BCUT2D eigenvalue weighted by Crippen LogP contribution is 2.14. The normalized spacial score (nSPS) is 18.9. The molecule has 0 saturated carbocycles. The Morgan fingerprint density at radius 2 is 2.04 bits per heavy atom. The van der Waals surface area contributed by atoms with Crippen LogP contribution >= 0.6 is 11.6 Å². The first-order valence-corrected chi connectivity index (χ1v) is 9.84. The van der Waals surface area contributed by atoms with E-state index in [1.165, 1.54) is 15.3 Å². The molecule has 1 aliphatic rings. The molecule has 1 amide bonds. The molecule has 1 unspecified atom stereocenters. The number of benzene rings is 2. The number of likely N-dealkylation sites (tertiary alicyclic amines) is 1. The van der Waals surface area contributed by atoms with Crippen LogP contribution in [0.4, 0.5) is 0 Å². The van der Waals surface area contributed by atoms with Gasteiger partial charge in [0.05, 0.1) is 30.5 Å². The van der Waals surface area contributed by atoms with E-state index in [1.807, 2.05) is 18.2 Å². The summed E-state index contributed by atoms with van der Waals surface area (Å²) in [7, 11) is 0. The highest BCUT2D eigenvalue weighted by molar-refractivity contribution is 6.30. The van der Waals surface area contributed by atoms with Crippen molar-refractivity contribution in [1.82, 2.24) is 20.3 Å². The molecule has 2 N–H and O–H groups in total. The minimum atomic E-state index is -0.170. The van der Waals surface area contributed by atoms with Crippen molar-refractivity contribution in [3.8, 4) is 5.69 Å². The van der Waals surface area contributed by atoms with E-state index in [0.29, 0.717) is 16.4 Å². The van der Waals surface area contributed by atoms with Gasteiger partial charge in [-0.25, -0.2) is 0 Å². The number of hydrogen-bond acceptors (Lipinski definition) is 3. The Hall–Kier alpha value is -2.70. The fourth-order valence-corrected chi connectivity index (χ4v) is 3.84.